The standard InChI is InChI=1S/C16H17Cl2N7O2S/c1-16(2)11(12-21-23-24-22-12)25-14(27)10(15(25)28-16)20-13(26)9(19)6-3-4-7(17)8(18)5-6/h3-5,9-11,15H,19H2,1-2H3,(H,20,26)(H,21,22,23,24)/t9?,10?,11?,15-/m0/s1. The molecule has 9 nitrogen and oxygen atoms in total. The van der Waals surface area contributed by atoms with Crippen LogP contribution in [0.15, 0.2) is 18.2 Å². The molecule has 0 saturated carbocycles. The molecule has 3 unspecified atom stereocenters. The smallest absolute Gasteiger partial charge is 0.249 e. The van der Waals surface area contributed by atoms with Crippen LogP contribution in [-0.2, 0) is 9.59 Å². The van der Waals surface area contributed by atoms with Crippen LogP contribution < -0.4 is 11.1 Å². The van der Waals surface area contributed by atoms with Crippen LogP contribution in [0.1, 0.15) is 37.3 Å². The first kappa shape index (κ1) is 19.4. The Morgan fingerprint density at radius 3 is 2.79 bits per heavy atom. The van der Waals surface area contributed by atoms with Crippen molar-refractivity contribution in [1.29, 1.82) is 0 Å². The number of nitrogens with zero attached hydrogens (tertiary/aromatic N) is 4. The number of hydrogen-bond acceptors (Lipinski definition) is 7. The van der Waals surface area contributed by atoms with Crippen LogP contribution in [-0.4, -0.2) is 53.5 Å². The minimum absolute atomic E-state index is 0.195. The van der Waals surface area contributed by atoms with Gasteiger partial charge in [0, 0.05) is 4.75 Å². The molecule has 12 heteroatoms. The lowest BCUT2D eigenvalue weighted by Crippen LogP contribution is -2.68. The summed E-state index contributed by atoms with van der Waals surface area (Å²) in [7, 11) is 0. The largest absolute Gasteiger partial charge is 0.340 e. The van der Waals surface area contributed by atoms with Crippen LogP contribution >= 0.6 is 35.0 Å². The molecule has 2 aliphatic heterocycles. The van der Waals surface area contributed by atoms with Crippen LogP contribution in [0.5, 0.6) is 0 Å². The van der Waals surface area contributed by atoms with E-state index in [-0.39, 0.29) is 22.1 Å². The molecule has 4 atom stereocenters. The predicted octanol–water partition coefficient (Wildman–Crippen LogP) is 1.43. The highest BCUT2D eigenvalue weighted by Gasteiger charge is 2.63. The number of H-pyrrole nitrogens is 1. The fourth-order valence-electron chi connectivity index (χ4n) is 3.57. The highest BCUT2D eigenvalue weighted by Crippen LogP contribution is 2.56. The molecule has 4 N–H and O–H groups in total. The third kappa shape index (κ3) is 3.04. The second kappa shape index (κ2) is 6.87. The van der Waals surface area contributed by atoms with Gasteiger partial charge in [0.15, 0.2) is 5.82 Å². The van der Waals surface area contributed by atoms with Crippen molar-refractivity contribution < 1.29 is 9.59 Å². The third-order valence-corrected chi connectivity index (χ3v) is 7.26. The Bertz CT molecular complexity index is 939. The van der Waals surface area contributed by atoms with E-state index in [0.717, 1.165) is 0 Å². The summed E-state index contributed by atoms with van der Waals surface area (Å²) in [6.45, 7) is 4.02. The van der Waals surface area contributed by atoms with Crippen LogP contribution in [0.25, 0.3) is 0 Å². The molecule has 1 aromatic heterocycles. The van der Waals surface area contributed by atoms with Gasteiger partial charge in [-0.15, -0.1) is 16.9 Å². The molecule has 0 aliphatic carbocycles. The van der Waals surface area contributed by atoms with E-state index < -0.39 is 18.0 Å². The molecule has 0 bridgehead atoms. The topological polar surface area (TPSA) is 130 Å². The lowest BCUT2D eigenvalue weighted by Gasteiger charge is -2.44. The number of β-lactam (4-membered cyclic amide) rings is 1. The van der Waals surface area contributed by atoms with Crippen molar-refractivity contribution in [3.05, 3.63) is 39.6 Å². The number of halogens is 2. The Hall–Kier alpha value is -1.88. The predicted molar refractivity (Wildman–Crippen MR) is 105 cm³/mol. The van der Waals surface area contributed by atoms with E-state index in [9.17, 15) is 9.59 Å². The fourth-order valence-corrected chi connectivity index (χ4v) is 5.52. The number of hydrogen-bond donors (Lipinski definition) is 3. The summed E-state index contributed by atoms with van der Waals surface area (Å²) < 4.78 is -0.327. The van der Waals surface area contributed by atoms with E-state index in [1.54, 1.807) is 34.9 Å². The van der Waals surface area contributed by atoms with E-state index >= 15 is 0 Å². The average Bonchev–Trinajstić information content (AvgIpc) is 3.25. The number of nitrogens with two attached hydrogens (primary N) is 1. The number of aromatic amines is 1. The Balaban J connectivity index is 1.49. The number of nitrogens with one attached hydrogen (secondary N) is 2. The molecule has 2 aliphatic rings. The number of tetrazole rings is 1. The Morgan fingerprint density at radius 2 is 2.14 bits per heavy atom. The Kier molecular flexibility index (Phi) is 4.77. The van der Waals surface area contributed by atoms with Crippen molar-refractivity contribution in [1.82, 2.24) is 30.8 Å². The van der Waals surface area contributed by atoms with Crippen LogP contribution in [0.4, 0.5) is 0 Å². The minimum atomic E-state index is -0.967. The zero-order valence-corrected chi connectivity index (χ0v) is 17.2. The Labute approximate surface area is 174 Å². The molecule has 0 radical (unpaired) electrons. The van der Waals surface area contributed by atoms with Crippen molar-refractivity contribution in [2.24, 2.45) is 5.73 Å². The van der Waals surface area contributed by atoms with Crippen molar-refractivity contribution in [3.8, 4) is 0 Å². The quantitative estimate of drug-likeness (QED) is 0.611. The number of rotatable bonds is 4. The number of thioether (sulfide) groups is 1. The molecule has 0 spiro atoms. The second-order valence-electron chi connectivity index (χ2n) is 7.18. The SMILES string of the molecule is CC1(C)S[C@H]2C(NC(=O)C(N)c3ccc(Cl)c(Cl)c3)C(=O)N2C1c1nnn[nH]1. The summed E-state index contributed by atoms with van der Waals surface area (Å²) in [5.74, 6) is -0.135. The van der Waals surface area contributed by atoms with Crippen LogP contribution in [0.2, 0.25) is 10.0 Å². The number of aromatic nitrogens is 4. The van der Waals surface area contributed by atoms with E-state index in [2.05, 4.69) is 25.9 Å². The lowest BCUT2D eigenvalue weighted by atomic mass is 9.95. The molecule has 1 aromatic carbocycles. The molecule has 2 fully saturated rings. The van der Waals surface area contributed by atoms with Crippen molar-refractivity contribution in [2.75, 3.05) is 0 Å². The maximum atomic E-state index is 12.8. The molecule has 4 rings (SSSR count). The third-order valence-electron chi connectivity index (χ3n) is 4.94. The van der Waals surface area contributed by atoms with E-state index in [1.807, 2.05) is 13.8 Å². The average molecular weight is 442 g/mol. The summed E-state index contributed by atoms with van der Waals surface area (Å²) in [6.07, 6.45) is 0. The molecular weight excluding hydrogens is 425 g/mol. The van der Waals surface area contributed by atoms with Gasteiger partial charge in [0.05, 0.1) is 10.0 Å². The number of carbonyl (C=O) groups excluding carboxylic acids is 2. The zero-order valence-electron chi connectivity index (χ0n) is 14.9. The molecule has 2 saturated heterocycles. The first-order valence-corrected chi connectivity index (χ1v) is 10.1. The van der Waals surface area contributed by atoms with Crippen molar-refractivity contribution >= 4 is 46.8 Å². The summed E-state index contributed by atoms with van der Waals surface area (Å²) in [5, 5.41) is 17.1. The highest BCUT2D eigenvalue weighted by atomic mass is 35.5. The first-order chi connectivity index (χ1) is 13.2. The van der Waals surface area contributed by atoms with Crippen molar-refractivity contribution in [2.45, 2.75) is 42.1 Å². The van der Waals surface area contributed by atoms with Gasteiger partial charge in [0.2, 0.25) is 11.8 Å². The molecule has 148 valence electrons. The maximum absolute atomic E-state index is 12.8. The molecule has 2 aromatic rings. The van der Waals surface area contributed by atoms with Crippen LogP contribution in [0, 0.1) is 0 Å². The van der Waals surface area contributed by atoms with Gasteiger partial charge in [-0.05, 0) is 42.0 Å². The normalized spacial score (nSPS) is 26.5. The number of fused-ring (bicyclic) bond motifs is 1. The van der Waals surface area contributed by atoms with E-state index in [4.69, 9.17) is 28.9 Å². The maximum Gasteiger partial charge on any atom is 0.249 e. The number of benzene rings is 1. The summed E-state index contributed by atoms with van der Waals surface area (Å²) in [6, 6.07) is 2.82. The Morgan fingerprint density at radius 1 is 1.39 bits per heavy atom. The summed E-state index contributed by atoms with van der Waals surface area (Å²) in [4.78, 5) is 27.1. The second-order valence-corrected chi connectivity index (χ2v) is 9.77. The van der Waals surface area contributed by atoms with Gasteiger partial charge in [0.25, 0.3) is 0 Å². The fraction of sp³-hybridized carbons (Fsp3) is 0.438. The number of carbonyl (C=O) groups is 2. The highest BCUT2D eigenvalue weighted by molar-refractivity contribution is 8.01. The monoisotopic (exact) mass is 441 g/mol. The minimum Gasteiger partial charge on any atom is -0.340 e. The molecule has 2 amide bonds. The van der Waals surface area contributed by atoms with Crippen molar-refractivity contribution in [3.63, 3.8) is 0 Å². The van der Waals surface area contributed by atoms with Gasteiger partial charge >= 0.3 is 0 Å². The van der Waals surface area contributed by atoms with Gasteiger partial charge < -0.3 is 16.0 Å². The summed E-state index contributed by atoms with van der Waals surface area (Å²) in [5.41, 5.74) is 6.56. The lowest BCUT2D eigenvalue weighted by molar-refractivity contribution is -0.152. The van der Waals surface area contributed by atoms with Gasteiger partial charge in [-0.3, -0.25) is 9.59 Å². The van der Waals surface area contributed by atoms with Gasteiger partial charge in [-0.25, -0.2) is 5.10 Å². The zero-order chi connectivity index (χ0) is 20.2. The summed E-state index contributed by atoms with van der Waals surface area (Å²) >= 11 is 13.5. The van der Waals surface area contributed by atoms with E-state index in [0.29, 0.717) is 21.4 Å². The number of amides is 2. The van der Waals surface area contributed by atoms with Gasteiger partial charge in [0.1, 0.15) is 23.5 Å². The molecule has 28 heavy (non-hydrogen) atoms. The molecule has 3 heterocycles. The van der Waals surface area contributed by atoms with Gasteiger partial charge in [-0.1, -0.05) is 29.3 Å². The molecular formula is C16H17Cl2N7O2S. The van der Waals surface area contributed by atoms with Gasteiger partial charge in [-0.2, -0.15) is 0 Å². The first-order valence-electron chi connectivity index (χ1n) is 8.45. The van der Waals surface area contributed by atoms with E-state index in [1.165, 1.54) is 0 Å². The van der Waals surface area contributed by atoms with Crippen LogP contribution in [0.3, 0.4) is 0 Å².